The van der Waals surface area contributed by atoms with Crippen LogP contribution in [-0.2, 0) is 9.59 Å². The van der Waals surface area contributed by atoms with E-state index in [-0.39, 0.29) is 11.3 Å². The molecule has 1 amide bonds. The molecule has 1 N–H and O–H groups in total. The first kappa shape index (κ1) is 24.5. The van der Waals surface area contributed by atoms with E-state index in [9.17, 15) is 14.7 Å². The third kappa shape index (κ3) is 5.99. The van der Waals surface area contributed by atoms with E-state index in [0.717, 1.165) is 18.5 Å². The van der Waals surface area contributed by atoms with Gasteiger partial charge < -0.3 is 19.6 Å². The molecule has 0 bridgehead atoms. The molecule has 7 nitrogen and oxygen atoms in total. The highest BCUT2D eigenvalue weighted by molar-refractivity contribution is 6.46. The van der Waals surface area contributed by atoms with Gasteiger partial charge in [-0.2, -0.15) is 0 Å². The van der Waals surface area contributed by atoms with Crippen LogP contribution in [-0.4, -0.2) is 65.4 Å². The van der Waals surface area contributed by atoms with Gasteiger partial charge in [0, 0.05) is 24.5 Å². The Morgan fingerprint density at radius 1 is 1.18 bits per heavy atom. The van der Waals surface area contributed by atoms with Crippen LogP contribution < -0.4 is 4.74 Å². The lowest BCUT2D eigenvalue weighted by Crippen LogP contribution is -2.32. The minimum atomic E-state index is -0.686. The van der Waals surface area contributed by atoms with Gasteiger partial charge in [-0.25, -0.2) is 0 Å². The zero-order valence-electron chi connectivity index (χ0n) is 19.8. The summed E-state index contributed by atoms with van der Waals surface area (Å²) in [6.45, 7) is 6.04. The van der Waals surface area contributed by atoms with Crippen LogP contribution >= 0.6 is 0 Å². The fourth-order valence-corrected chi connectivity index (χ4v) is 3.87. The van der Waals surface area contributed by atoms with Gasteiger partial charge in [-0.3, -0.25) is 14.6 Å². The van der Waals surface area contributed by atoms with Gasteiger partial charge in [0.05, 0.1) is 18.2 Å². The smallest absolute Gasteiger partial charge is 0.295 e. The van der Waals surface area contributed by atoms with Gasteiger partial charge in [0.2, 0.25) is 0 Å². The maximum Gasteiger partial charge on any atom is 0.295 e. The number of pyridine rings is 1. The molecule has 1 aromatic carbocycles. The summed E-state index contributed by atoms with van der Waals surface area (Å²) in [4.78, 5) is 33.7. The maximum absolute atomic E-state index is 13.1. The SMILES string of the molecule is CC(C)CCOc1cccc(C2C(=C(O)c3ccncc3)C(=O)C(=O)N2CCCN(C)C)c1. The number of aliphatic hydroxyl groups is 1. The minimum absolute atomic E-state index is 0.0929. The number of rotatable bonds is 10. The summed E-state index contributed by atoms with van der Waals surface area (Å²) in [5.41, 5.74) is 1.28. The van der Waals surface area contributed by atoms with Crippen molar-refractivity contribution in [3.63, 3.8) is 0 Å². The van der Waals surface area contributed by atoms with Crippen LogP contribution in [0.5, 0.6) is 5.75 Å². The third-order valence-corrected chi connectivity index (χ3v) is 5.64. The maximum atomic E-state index is 13.1. The standard InChI is InChI=1S/C26H33N3O4/c1-18(2)11-16-33-21-8-5-7-20(17-21)23-22(24(30)19-9-12-27-13-10-19)25(31)26(32)29(23)15-6-14-28(3)4/h5,7-10,12-13,17-18,23,30H,6,11,14-16H2,1-4H3. The lowest BCUT2D eigenvalue weighted by Gasteiger charge is -2.26. The topological polar surface area (TPSA) is 83.0 Å². The highest BCUT2D eigenvalue weighted by atomic mass is 16.5. The molecule has 2 heterocycles. The number of aromatic nitrogens is 1. The Hall–Kier alpha value is -3.19. The molecule has 1 saturated heterocycles. The lowest BCUT2D eigenvalue weighted by atomic mass is 9.95. The van der Waals surface area contributed by atoms with E-state index < -0.39 is 17.7 Å². The summed E-state index contributed by atoms with van der Waals surface area (Å²) < 4.78 is 5.92. The molecule has 0 saturated carbocycles. The van der Waals surface area contributed by atoms with Crippen LogP contribution in [0.15, 0.2) is 54.4 Å². The van der Waals surface area contributed by atoms with E-state index in [2.05, 4.69) is 18.8 Å². The number of carbonyl (C=O) groups excluding carboxylic acids is 2. The summed E-state index contributed by atoms with van der Waals surface area (Å²) >= 11 is 0. The molecule has 1 aliphatic heterocycles. The van der Waals surface area contributed by atoms with Crippen LogP contribution in [0.1, 0.15) is 43.9 Å². The highest BCUT2D eigenvalue weighted by Crippen LogP contribution is 2.40. The number of ketones is 1. The molecule has 0 aliphatic carbocycles. The molecule has 1 unspecified atom stereocenters. The van der Waals surface area contributed by atoms with Crippen LogP contribution in [0.2, 0.25) is 0 Å². The fraction of sp³-hybridized carbons (Fsp3) is 0.423. The first-order valence-corrected chi connectivity index (χ1v) is 11.4. The number of likely N-dealkylation sites (tertiary alicyclic amines) is 1. The summed E-state index contributed by atoms with van der Waals surface area (Å²) in [5.74, 6) is -0.263. The van der Waals surface area contributed by atoms with Crippen molar-refractivity contribution in [3.05, 3.63) is 65.5 Å². The summed E-state index contributed by atoms with van der Waals surface area (Å²) in [5, 5.41) is 11.1. The Balaban J connectivity index is 2.01. The quantitative estimate of drug-likeness (QED) is 0.335. The molecule has 1 aromatic heterocycles. The largest absolute Gasteiger partial charge is 0.507 e. The summed E-state index contributed by atoms with van der Waals surface area (Å²) in [7, 11) is 3.93. The van der Waals surface area contributed by atoms with E-state index in [4.69, 9.17) is 4.74 Å². The summed E-state index contributed by atoms with van der Waals surface area (Å²) in [6.07, 6.45) is 4.71. The molecule has 0 spiro atoms. The lowest BCUT2D eigenvalue weighted by molar-refractivity contribution is -0.139. The van der Waals surface area contributed by atoms with Crippen molar-refractivity contribution in [2.24, 2.45) is 5.92 Å². The van der Waals surface area contributed by atoms with Gasteiger partial charge in [-0.05, 0) is 69.2 Å². The van der Waals surface area contributed by atoms with Crippen molar-refractivity contribution < 1.29 is 19.4 Å². The zero-order valence-corrected chi connectivity index (χ0v) is 19.8. The molecular formula is C26H33N3O4. The second-order valence-corrected chi connectivity index (χ2v) is 8.99. The van der Waals surface area contributed by atoms with Gasteiger partial charge in [0.15, 0.2) is 0 Å². The van der Waals surface area contributed by atoms with Crippen LogP contribution in [0, 0.1) is 5.92 Å². The molecule has 176 valence electrons. The third-order valence-electron chi connectivity index (χ3n) is 5.64. The molecule has 0 radical (unpaired) electrons. The molecule has 33 heavy (non-hydrogen) atoms. The number of hydrogen-bond acceptors (Lipinski definition) is 6. The fourth-order valence-electron chi connectivity index (χ4n) is 3.87. The number of Topliss-reactive ketones (excluding diaryl/α,β-unsaturated/α-hetero) is 1. The van der Waals surface area contributed by atoms with Crippen molar-refractivity contribution in [3.8, 4) is 5.75 Å². The van der Waals surface area contributed by atoms with Crippen LogP contribution in [0.3, 0.4) is 0 Å². The number of carbonyl (C=O) groups is 2. The Bertz CT molecular complexity index is 1000. The number of amides is 1. The van der Waals surface area contributed by atoms with Gasteiger partial charge in [0.1, 0.15) is 11.5 Å². The minimum Gasteiger partial charge on any atom is -0.507 e. The van der Waals surface area contributed by atoms with E-state index >= 15 is 0 Å². The van der Waals surface area contributed by atoms with Crippen molar-refractivity contribution in [2.45, 2.75) is 32.7 Å². The number of benzene rings is 1. The average molecular weight is 452 g/mol. The van der Waals surface area contributed by atoms with E-state index in [1.807, 2.05) is 43.3 Å². The molecule has 7 heteroatoms. The summed E-state index contributed by atoms with van der Waals surface area (Å²) in [6, 6.07) is 10.0. The van der Waals surface area contributed by atoms with Crippen LogP contribution in [0.4, 0.5) is 0 Å². The van der Waals surface area contributed by atoms with E-state index in [1.54, 1.807) is 29.4 Å². The van der Waals surface area contributed by atoms with Gasteiger partial charge in [-0.1, -0.05) is 26.0 Å². The molecular weight excluding hydrogens is 418 g/mol. The Labute approximate surface area is 195 Å². The van der Waals surface area contributed by atoms with Crippen molar-refractivity contribution in [2.75, 3.05) is 33.8 Å². The highest BCUT2D eigenvalue weighted by Gasteiger charge is 2.45. The van der Waals surface area contributed by atoms with Gasteiger partial charge >= 0.3 is 0 Å². The zero-order chi connectivity index (χ0) is 24.0. The van der Waals surface area contributed by atoms with Crippen molar-refractivity contribution in [1.82, 2.24) is 14.8 Å². The number of nitrogens with zero attached hydrogens (tertiary/aromatic N) is 3. The monoisotopic (exact) mass is 451 g/mol. The normalized spacial score (nSPS) is 17.9. The molecule has 1 fully saturated rings. The second-order valence-electron chi connectivity index (χ2n) is 8.99. The number of hydrogen-bond donors (Lipinski definition) is 1. The van der Waals surface area contributed by atoms with E-state index in [0.29, 0.717) is 36.8 Å². The van der Waals surface area contributed by atoms with Gasteiger partial charge in [0.25, 0.3) is 11.7 Å². The Morgan fingerprint density at radius 3 is 2.58 bits per heavy atom. The van der Waals surface area contributed by atoms with E-state index in [1.165, 1.54) is 0 Å². The predicted molar refractivity (Wildman–Crippen MR) is 128 cm³/mol. The predicted octanol–water partition coefficient (Wildman–Crippen LogP) is 3.88. The van der Waals surface area contributed by atoms with Crippen molar-refractivity contribution >= 4 is 17.4 Å². The molecule has 3 rings (SSSR count). The van der Waals surface area contributed by atoms with Crippen LogP contribution in [0.25, 0.3) is 5.76 Å². The first-order chi connectivity index (χ1) is 15.8. The molecule has 1 aliphatic rings. The molecule has 1 atom stereocenters. The first-order valence-electron chi connectivity index (χ1n) is 11.4. The number of ether oxygens (including phenoxy) is 1. The molecule has 2 aromatic rings. The second kappa shape index (κ2) is 11.1. The Morgan fingerprint density at radius 2 is 1.91 bits per heavy atom. The Kier molecular flexibility index (Phi) is 8.22. The van der Waals surface area contributed by atoms with Gasteiger partial charge in [-0.15, -0.1) is 0 Å². The van der Waals surface area contributed by atoms with Crippen molar-refractivity contribution in [1.29, 1.82) is 0 Å². The average Bonchev–Trinajstić information content (AvgIpc) is 3.04. The number of aliphatic hydroxyl groups excluding tert-OH is 1.